The first-order chi connectivity index (χ1) is 13.7. The van der Waals surface area contributed by atoms with Crippen molar-refractivity contribution >= 4 is 16.1 Å². The molecule has 0 unspecified atom stereocenters. The van der Waals surface area contributed by atoms with Gasteiger partial charge in [0.1, 0.15) is 16.5 Å². The Morgan fingerprint density at radius 3 is 2.10 bits per heavy atom. The molecular formula is C15H10F7N5O2S. The van der Waals surface area contributed by atoms with Crippen molar-refractivity contribution in [1.82, 2.24) is 25.7 Å². The smallest absolute Gasteiger partial charge is 0.288 e. The molecule has 0 fully saturated rings. The van der Waals surface area contributed by atoms with Crippen LogP contribution in [0, 0.1) is 11.6 Å². The highest BCUT2D eigenvalue weighted by Crippen LogP contribution is 3.02. The van der Waals surface area contributed by atoms with Crippen molar-refractivity contribution in [3.8, 4) is 11.4 Å². The number of halogens is 7. The number of nitrogens with one attached hydrogen (secondary N) is 1. The van der Waals surface area contributed by atoms with E-state index in [2.05, 4.69) is 15.4 Å². The van der Waals surface area contributed by atoms with Crippen molar-refractivity contribution in [3.63, 3.8) is 0 Å². The van der Waals surface area contributed by atoms with E-state index in [0.29, 0.717) is 29.1 Å². The zero-order valence-corrected chi connectivity index (χ0v) is 15.2. The summed E-state index contributed by atoms with van der Waals surface area (Å²) in [5.74, 6) is -3.74. The summed E-state index contributed by atoms with van der Waals surface area (Å²) in [7, 11) is -9.83. The fourth-order valence-corrected chi connectivity index (χ4v) is 3.03. The van der Waals surface area contributed by atoms with E-state index in [1.165, 1.54) is 5.48 Å². The quantitative estimate of drug-likeness (QED) is 0.336. The van der Waals surface area contributed by atoms with Gasteiger partial charge in [0.05, 0.1) is 6.54 Å². The molecule has 0 saturated heterocycles. The number of aromatic nitrogens is 4. The van der Waals surface area contributed by atoms with Crippen molar-refractivity contribution in [2.24, 2.45) is 0 Å². The van der Waals surface area contributed by atoms with E-state index in [0.717, 1.165) is 0 Å². The molecular weight excluding hydrogens is 447 g/mol. The van der Waals surface area contributed by atoms with E-state index in [1.807, 2.05) is 0 Å². The van der Waals surface area contributed by atoms with E-state index < -0.39 is 50.3 Å². The number of hydrogen-bond acceptors (Lipinski definition) is 5. The molecule has 1 heterocycles. The molecule has 3 rings (SSSR count). The second kappa shape index (κ2) is 6.40. The first-order valence-corrected chi connectivity index (χ1v) is 9.68. The van der Waals surface area contributed by atoms with Crippen molar-refractivity contribution in [3.05, 3.63) is 59.2 Å². The average Bonchev–Trinajstić information content (AvgIpc) is 3.11. The van der Waals surface area contributed by atoms with Crippen LogP contribution in [0.2, 0.25) is 0 Å². The summed E-state index contributed by atoms with van der Waals surface area (Å²) in [6, 6.07) is 3.06. The van der Waals surface area contributed by atoms with Gasteiger partial charge in [-0.1, -0.05) is 19.4 Å². The van der Waals surface area contributed by atoms with E-state index >= 15 is 0 Å². The second-order valence-corrected chi connectivity index (χ2v) is 8.41. The Morgan fingerprint density at radius 1 is 1.03 bits per heavy atom. The Morgan fingerprint density at radius 2 is 1.60 bits per heavy atom. The van der Waals surface area contributed by atoms with Crippen LogP contribution >= 0.6 is 10.2 Å². The maximum atomic E-state index is 14.1. The van der Waals surface area contributed by atoms with Crippen molar-refractivity contribution in [2.75, 3.05) is 0 Å². The first kappa shape index (κ1) is 21.5. The lowest BCUT2D eigenvalue weighted by atomic mass is 10.1. The van der Waals surface area contributed by atoms with E-state index in [1.54, 1.807) is 0 Å². The second-order valence-electron chi connectivity index (χ2n) is 6.00. The van der Waals surface area contributed by atoms with Crippen molar-refractivity contribution < 1.29 is 38.2 Å². The molecule has 7 nitrogen and oxygen atoms in total. The van der Waals surface area contributed by atoms with Gasteiger partial charge in [-0.2, -0.15) is 4.80 Å². The van der Waals surface area contributed by atoms with Gasteiger partial charge in [-0.25, -0.2) is 14.3 Å². The van der Waals surface area contributed by atoms with Crippen molar-refractivity contribution in [2.45, 2.75) is 11.4 Å². The summed E-state index contributed by atoms with van der Waals surface area (Å²) in [4.78, 5) is 9.84. The Hall–Kier alpha value is -3.20. The van der Waals surface area contributed by atoms with E-state index in [4.69, 9.17) is 5.21 Å². The minimum atomic E-state index is -9.83. The lowest BCUT2D eigenvalue weighted by Crippen LogP contribution is -2.19. The number of nitrogens with zero attached hydrogens (tertiary/aromatic N) is 4. The fourth-order valence-electron chi connectivity index (χ4n) is 2.38. The molecule has 0 bridgehead atoms. The maximum Gasteiger partial charge on any atom is 0.310 e. The minimum Gasteiger partial charge on any atom is -0.288 e. The van der Waals surface area contributed by atoms with Crippen LogP contribution in [-0.4, -0.2) is 31.3 Å². The number of benzene rings is 2. The third-order valence-electron chi connectivity index (χ3n) is 3.82. The van der Waals surface area contributed by atoms with Crippen molar-refractivity contribution in [1.29, 1.82) is 0 Å². The van der Waals surface area contributed by atoms with Gasteiger partial charge in [-0.15, -0.1) is 10.2 Å². The zero-order valence-electron chi connectivity index (χ0n) is 14.4. The van der Waals surface area contributed by atoms with Gasteiger partial charge >= 0.3 is 10.2 Å². The molecule has 1 aromatic heterocycles. The van der Waals surface area contributed by atoms with Crippen LogP contribution in [0.25, 0.3) is 11.4 Å². The summed E-state index contributed by atoms with van der Waals surface area (Å²) in [5, 5.41) is 19.2. The Kier molecular flexibility index (Phi) is 4.59. The summed E-state index contributed by atoms with van der Waals surface area (Å²) in [6.07, 6.45) is 0. The molecule has 162 valence electrons. The lowest BCUT2D eigenvalue weighted by Gasteiger charge is -2.40. The van der Waals surface area contributed by atoms with Crippen LogP contribution < -0.4 is 5.48 Å². The number of hydrogen-bond donors (Lipinski definition) is 2. The standard InChI is InChI=1S/C15H10F7N5O2S/c16-12-5-9(15(28)25-29)6-13(17)11(12)7-27-24-14(23-26-27)8-1-3-10(4-2-8)30(18,19,20,21)22/h1-6,29H,7H2,(H,25,28). The molecule has 15 heteroatoms. The molecule has 0 aliphatic carbocycles. The van der Waals surface area contributed by atoms with Crippen LogP contribution in [-0.2, 0) is 6.54 Å². The summed E-state index contributed by atoms with van der Waals surface area (Å²) in [5.41, 5.74) is 0.0641. The molecule has 0 radical (unpaired) electrons. The maximum absolute atomic E-state index is 14.1. The van der Waals surface area contributed by atoms with E-state index in [-0.39, 0.29) is 23.5 Å². The molecule has 0 spiro atoms. The van der Waals surface area contributed by atoms with Crippen LogP contribution in [0.3, 0.4) is 0 Å². The number of carbonyl (C=O) groups is 1. The molecule has 30 heavy (non-hydrogen) atoms. The predicted molar refractivity (Wildman–Crippen MR) is 89.4 cm³/mol. The van der Waals surface area contributed by atoms with Gasteiger partial charge in [0.15, 0.2) is 0 Å². The van der Waals surface area contributed by atoms with Gasteiger partial charge < -0.3 is 0 Å². The summed E-state index contributed by atoms with van der Waals surface area (Å²) < 4.78 is 91.9. The number of hydroxylamine groups is 1. The average molecular weight is 457 g/mol. The predicted octanol–water partition coefficient (Wildman–Crippen LogP) is 4.44. The molecule has 0 aliphatic rings. The highest BCUT2D eigenvalue weighted by molar-refractivity contribution is 8.45. The van der Waals surface area contributed by atoms with Gasteiger partial charge in [0.25, 0.3) is 5.91 Å². The topological polar surface area (TPSA) is 92.9 Å². The normalized spacial score (nSPS) is 14.1. The largest absolute Gasteiger partial charge is 0.310 e. The molecule has 2 aromatic carbocycles. The third-order valence-corrected chi connectivity index (χ3v) is 4.98. The van der Waals surface area contributed by atoms with Crippen LogP contribution in [0.15, 0.2) is 41.3 Å². The lowest BCUT2D eigenvalue weighted by molar-refractivity contribution is 0.0705. The Labute approximate surface area is 162 Å². The number of rotatable bonds is 5. The first-order valence-electron chi connectivity index (χ1n) is 7.72. The highest BCUT2D eigenvalue weighted by atomic mass is 32.5. The van der Waals surface area contributed by atoms with Crippen LogP contribution in [0.5, 0.6) is 0 Å². The SMILES string of the molecule is O=C(NO)c1cc(F)c(Cn2nnc(-c3ccc(S(F)(F)(F)(F)F)cc3)n2)c(F)c1. The van der Waals surface area contributed by atoms with Crippen LogP contribution in [0.4, 0.5) is 28.2 Å². The number of amides is 1. The summed E-state index contributed by atoms with van der Waals surface area (Å²) >= 11 is 0. The fraction of sp³-hybridized carbons (Fsp3) is 0.0667. The highest BCUT2D eigenvalue weighted by Gasteiger charge is 2.65. The zero-order chi connectivity index (χ0) is 22.4. The Balaban J connectivity index is 1.85. The number of tetrazole rings is 1. The molecule has 0 atom stereocenters. The molecule has 0 aliphatic heterocycles. The molecule has 1 amide bonds. The van der Waals surface area contributed by atoms with Gasteiger partial charge in [0.2, 0.25) is 5.82 Å². The van der Waals surface area contributed by atoms with Gasteiger partial charge in [0, 0.05) is 16.7 Å². The third kappa shape index (κ3) is 4.51. The number of carbonyl (C=O) groups excluding carboxylic acids is 1. The molecule has 2 N–H and O–H groups in total. The van der Waals surface area contributed by atoms with Gasteiger partial charge in [-0.3, -0.25) is 10.0 Å². The summed E-state index contributed by atoms with van der Waals surface area (Å²) in [6.45, 7) is -0.602. The van der Waals surface area contributed by atoms with E-state index in [9.17, 15) is 33.0 Å². The Bertz CT molecular complexity index is 1110. The monoisotopic (exact) mass is 457 g/mol. The van der Waals surface area contributed by atoms with Crippen LogP contribution in [0.1, 0.15) is 15.9 Å². The molecule has 3 aromatic rings. The minimum absolute atomic E-state index is 0.0947. The molecule has 0 saturated carbocycles. The van der Waals surface area contributed by atoms with Gasteiger partial charge in [-0.05, 0) is 41.6 Å².